The van der Waals surface area contributed by atoms with E-state index < -0.39 is 17.2 Å². The number of hydrogen-bond donors (Lipinski definition) is 2. The first-order chi connectivity index (χ1) is 18.2. The molecule has 1 aliphatic heterocycles. The number of nitrogens with two attached hydrogens (primary N) is 1. The van der Waals surface area contributed by atoms with Gasteiger partial charge in [-0.3, -0.25) is 23.9 Å². The number of methoxy groups -OCH3 is 2. The minimum atomic E-state index is -0.695. The molecule has 2 amide bonds. The number of benzene rings is 1. The van der Waals surface area contributed by atoms with E-state index in [2.05, 4.69) is 4.98 Å². The number of aromatic nitrogens is 2. The molecule has 0 spiro atoms. The van der Waals surface area contributed by atoms with Crippen molar-refractivity contribution < 1.29 is 19.1 Å². The number of nitrogens with zero attached hydrogens (tertiary/aromatic N) is 3. The number of anilines is 2. The number of H-pyrrole nitrogens is 1. The maximum absolute atomic E-state index is 13.7. The van der Waals surface area contributed by atoms with Crippen LogP contribution in [0.1, 0.15) is 51.5 Å². The zero-order valence-corrected chi connectivity index (χ0v) is 22.7. The molecule has 1 aromatic heterocycles. The zero-order chi connectivity index (χ0) is 27.8. The van der Waals surface area contributed by atoms with E-state index in [1.165, 1.54) is 9.47 Å². The summed E-state index contributed by atoms with van der Waals surface area (Å²) in [6.07, 6.45) is 3.61. The fourth-order valence-corrected chi connectivity index (χ4v) is 4.70. The Kier molecular flexibility index (Phi) is 9.98. The topological polar surface area (TPSA) is 140 Å². The molecule has 11 heteroatoms. The summed E-state index contributed by atoms with van der Waals surface area (Å²) in [6.45, 7) is 5.27. The molecular weight excluding hydrogens is 490 g/mol. The van der Waals surface area contributed by atoms with Gasteiger partial charge in [-0.2, -0.15) is 0 Å². The van der Waals surface area contributed by atoms with Crippen LogP contribution in [0.15, 0.2) is 27.8 Å². The lowest BCUT2D eigenvalue weighted by Gasteiger charge is -2.27. The van der Waals surface area contributed by atoms with Crippen LogP contribution in [-0.2, 0) is 22.6 Å². The number of unbranched alkanes of at least 4 members (excludes halogenated alkanes) is 2. The summed E-state index contributed by atoms with van der Waals surface area (Å²) >= 11 is 0. The largest absolute Gasteiger partial charge is 0.493 e. The maximum Gasteiger partial charge on any atom is 0.330 e. The highest BCUT2D eigenvalue weighted by Crippen LogP contribution is 2.29. The standard InChI is InChI=1S/C27H39N5O6/c1-5-7-12-31(23-24(28)32(13-8-6-2)27(36)29-25(23)34)26(35)19-16-22(33)30(17-19)14-11-18-9-10-20(37-3)21(15-18)38-4/h9-10,15,19H,5-8,11-14,16-17,28H2,1-4H3,(H,29,34,36)/t19-/m0/s1. The molecular formula is C27H39N5O6. The lowest BCUT2D eigenvalue weighted by atomic mass is 10.1. The molecule has 208 valence electrons. The minimum absolute atomic E-state index is 0.0182. The Labute approximate surface area is 222 Å². The number of ether oxygens (including phenoxy) is 2. The van der Waals surface area contributed by atoms with Gasteiger partial charge in [0.25, 0.3) is 5.56 Å². The SMILES string of the molecule is CCCCN(C(=O)[C@H]1CC(=O)N(CCc2ccc(OC)c(OC)c2)C1)c1c(N)n(CCCC)c(=O)[nH]c1=O. The monoisotopic (exact) mass is 529 g/mol. The molecule has 3 N–H and O–H groups in total. The molecule has 38 heavy (non-hydrogen) atoms. The van der Waals surface area contributed by atoms with E-state index in [4.69, 9.17) is 15.2 Å². The van der Waals surface area contributed by atoms with Crippen molar-refractivity contribution in [1.82, 2.24) is 14.5 Å². The first-order valence-corrected chi connectivity index (χ1v) is 13.2. The molecule has 0 unspecified atom stereocenters. The van der Waals surface area contributed by atoms with Crippen molar-refractivity contribution in [2.24, 2.45) is 5.92 Å². The Morgan fingerprint density at radius 3 is 2.45 bits per heavy atom. The molecule has 0 radical (unpaired) electrons. The first kappa shape index (κ1) is 28.8. The van der Waals surface area contributed by atoms with Crippen molar-refractivity contribution in [3.8, 4) is 11.5 Å². The molecule has 1 atom stereocenters. The van der Waals surface area contributed by atoms with Gasteiger partial charge in [-0.25, -0.2) is 4.79 Å². The van der Waals surface area contributed by atoms with Crippen LogP contribution < -0.4 is 31.4 Å². The predicted octanol–water partition coefficient (Wildman–Crippen LogP) is 2.16. The second kappa shape index (κ2) is 13.2. The van der Waals surface area contributed by atoms with Crippen LogP contribution in [-0.4, -0.2) is 60.1 Å². The Bertz CT molecular complexity index is 1250. The molecule has 0 aliphatic carbocycles. The average molecular weight is 530 g/mol. The number of carbonyl (C=O) groups is 2. The van der Waals surface area contributed by atoms with Gasteiger partial charge in [0.2, 0.25) is 11.8 Å². The van der Waals surface area contributed by atoms with Crippen molar-refractivity contribution in [2.75, 3.05) is 44.5 Å². The van der Waals surface area contributed by atoms with Gasteiger partial charge in [0, 0.05) is 32.6 Å². The van der Waals surface area contributed by atoms with E-state index in [9.17, 15) is 19.2 Å². The second-order valence-electron chi connectivity index (χ2n) is 9.52. The highest BCUT2D eigenvalue weighted by molar-refractivity contribution is 6.00. The molecule has 1 saturated heterocycles. The van der Waals surface area contributed by atoms with Crippen LogP contribution in [0.25, 0.3) is 0 Å². The van der Waals surface area contributed by atoms with Crippen LogP contribution in [0.2, 0.25) is 0 Å². The normalized spacial score (nSPS) is 15.1. The van der Waals surface area contributed by atoms with Crippen molar-refractivity contribution in [3.05, 3.63) is 44.6 Å². The Balaban J connectivity index is 1.80. The highest BCUT2D eigenvalue weighted by atomic mass is 16.5. The van der Waals surface area contributed by atoms with Gasteiger partial charge in [-0.1, -0.05) is 32.8 Å². The van der Waals surface area contributed by atoms with Gasteiger partial charge in [0.05, 0.1) is 20.1 Å². The Morgan fingerprint density at radius 1 is 1.08 bits per heavy atom. The molecule has 2 aromatic rings. The molecule has 3 rings (SSSR count). The van der Waals surface area contributed by atoms with E-state index in [1.54, 1.807) is 19.1 Å². The average Bonchev–Trinajstić information content (AvgIpc) is 3.28. The molecule has 1 aliphatic rings. The summed E-state index contributed by atoms with van der Waals surface area (Å²) in [5.74, 6) is 0.153. The number of likely N-dealkylation sites (tertiary alicyclic amines) is 1. The number of rotatable bonds is 13. The van der Waals surface area contributed by atoms with Crippen LogP contribution in [0.5, 0.6) is 11.5 Å². The van der Waals surface area contributed by atoms with E-state index in [0.29, 0.717) is 43.9 Å². The number of hydrogen-bond acceptors (Lipinski definition) is 7. The van der Waals surface area contributed by atoms with Gasteiger partial charge in [0.15, 0.2) is 17.2 Å². The lowest BCUT2D eigenvalue weighted by Crippen LogP contribution is -2.44. The smallest absolute Gasteiger partial charge is 0.330 e. The van der Waals surface area contributed by atoms with Gasteiger partial charge >= 0.3 is 5.69 Å². The van der Waals surface area contributed by atoms with Crippen molar-refractivity contribution in [3.63, 3.8) is 0 Å². The maximum atomic E-state index is 13.7. The summed E-state index contributed by atoms with van der Waals surface area (Å²) in [4.78, 5) is 57.1. The third kappa shape index (κ3) is 6.38. The molecule has 0 saturated carbocycles. The molecule has 1 aromatic carbocycles. The van der Waals surface area contributed by atoms with Crippen LogP contribution >= 0.6 is 0 Å². The quantitative estimate of drug-likeness (QED) is 0.405. The van der Waals surface area contributed by atoms with Gasteiger partial charge in [-0.05, 0) is 37.0 Å². The zero-order valence-electron chi connectivity index (χ0n) is 22.7. The fraction of sp³-hybridized carbons (Fsp3) is 0.556. The summed E-state index contributed by atoms with van der Waals surface area (Å²) in [5.41, 5.74) is 5.97. The lowest BCUT2D eigenvalue weighted by molar-refractivity contribution is -0.128. The third-order valence-corrected chi connectivity index (χ3v) is 6.90. The predicted molar refractivity (Wildman–Crippen MR) is 146 cm³/mol. The molecule has 1 fully saturated rings. The van der Waals surface area contributed by atoms with E-state index in [-0.39, 0.29) is 42.8 Å². The Hall–Kier alpha value is -3.76. The van der Waals surface area contributed by atoms with Crippen molar-refractivity contribution in [2.45, 2.75) is 58.9 Å². The van der Waals surface area contributed by atoms with Crippen molar-refractivity contribution in [1.29, 1.82) is 0 Å². The number of amides is 2. The molecule has 11 nitrogen and oxygen atoms in total. The Morgan fingerprint density at radius 2 is 1.79 bits per heavy atom. The third-order valence-electron chi connectivity index (χ3n) is 6.90. The molecule has 0 bridgehead atoms. The fourth-order valence-electron chi connectivity index (χ4n) is 4.70. The second-order valence-corrected chi connectivity index (χ2v) is 9.52. The summed E-state index contributed by atoms with van der Waals surface area (Å²) in [6, 6.07) is 5.61. The van der Waals surface area contributed by atoms with Crippen molar-refractivity contribution >= 4 is 23.3 Å². The summed E-state index contributed by atoms with van der Waals surface area (Å²) in [7, 11) is 3.14. The van der Waals surface area contributed by atoms with Gasteiger partial charge in [-0.15, -0.1) is 0 Å². The van der Waals surface area contributed by atoms with Crippen LogP contribution in [0.3, 0.4) is 0 Å². The van der Waals surface area contributed by atoms with Gasteiger partial charge in [0.1, 0.15) is 5.82 Å². The molecule has 2 heterocycles. The van der Waals surface area contributed by atoms with E-state index in [0.717, 1.165) is 18.4 Å². The number of carbonyl (C=O) groups excluding carboxylic acids is 2. The number of aromatic amines is 1. The van der Waals surface area contributed by atoms with Crippen LogP contribution in [0.4, 0.5) is 11.5 Å². The summed E-state index contributed by atoms with van der Waals surface area (Å²) < 4.78 is 11.9. The van der Waals surface area contributed by atoms with E-state index >= 15 is 0 Å². The number of nitrogens with one attached hydrogen (secondary N) is 1. The first-order valence-electron chi connectivity index (χ1n) is 13.2. The van der Waals surface area contributed by atoms with Gasteiger partial charge < -0.3 is 25.0 Å². The minimum Gasteiger partial charge on any atom is -0.493 e. The van der Waals surface area contributed by atoms with E-state index in [1.807, 2.05) is 32.0 Å². The summed E-state index contributed by atoms with van der Waals surface area (Å²) in [5, 5.41) is 0. The van der Waals surface area contributed by atoms with Crippen LogP contribution in [0, 0.1) is 5.92 Å². The highest BCUT2D eigenvalue weighted by Gasteiger charge is 2.38. The number of nitrogen functional groups attached to an aromatic ring is 1.